The summed E-state index contributed by atoms with van der Waals surface area (Å²) in [4.78, 5) is 17.4. The molecule has 1 fully saturated rings. The number of aryl methyl sites for hydroxylation is 3. The zero-order valence-electron chi connectivity index (χ0n) is 14.7. The molecule has 128 valence electrons. The number of aromatic nitrogens is 2. The maximum Gasteiger partial charge on any atom is 0.252 e. The Hall–Kier alpha value is -2.17. The van der Waals surface area contributed by atoms with Crippen LogP contribution in [-0.4, -0.2) is 16.0 Å². The van der Waals surface area contributed by atoms with Gasteiger partial charge in [-0.3, -0.25) is 4.79 Å². The van der Waals surface area contributed by atoms with Crippen LogP contribution in [0.3, 0.4) is 0 Å². The standard InChI is InChI=1S/C19H25N3O2/c1-13-8-9-14(2)16(12-13)17(23)21-19(10-6-4-5-7-11-19)18-20-15(3)24-22-18/h8-9,12H,4-7,10-11H2,1-3H3,(H,21,23). The summed E-state index contributed by atoms with van der Waals surface area (Å²) in [5, 5.41) is 7.40. The van der Waals surface area contributed by atoms with Crippen LogP contribution in [0.4, 0.5) is 0 Å². The number of carbonyl (C=O) groups is 1. The fraction of sp³-hybridized carbons (Fsp3) is 0.526. The van der Waals surface area contributed by atoms with Crippen molar-refractivity contribution in [2.75, 3.05) is 0 Å². The molecule has 2 aromatic rings. The topological polar surface area (TPSA) is 68.0 Å². The Labute approximate surface area is 142 Å². The second kappa shape index (κ2) is 6.75. The number of nitrogens with one attached hydrogen (secondary N) is 1. The van der Waals surface area contributed by atoms with Gasteiger partial charge in [0.1, 0.15) is 5.54 Å². The lowest BCUT2D eigenvalue weighted by atomic mass is 9.88. The second-order valence-corrected chi connectivity index (χ2v) is 6.91. The Morgan fingerprint density at radius 2 is 1.83 bits per heavy atom. The lowest BCUT2D eigenvalue weighted by molar-refractivity contribution is 0.0876. The van der Waals surface area contributed by atoms with Crippen molar-refractivity contribution in [2.24, 2.45) is 0 Å². The van der Waals surface area contributed by atoms with Crippen LogP contribution in [0.5, 0.6) is 0 Å². The fourth-order valence-corrected chi connectivity index (χ4v) is 3.50. The molecule has 0 saturated heterocycles. The van der Waals surface area contributed by atoms with Gasteiger partial charge in [-0.05, 0) is 38.3 Å². The lowest BCUT2D eigenvalue weighted by Gasteiger charge is -2.31. The summed E-state index contributed by atoms with van der Waals surface area (Å²) in [7, 11) is 0. The van der Waals surface area contributed by atoms with Gasteiger partial charge in [-0.2, -0.15) is 4.98 Å². The molecule has 1 aromatic heterocycles. The van der Waals surface area contributed by atoms with Crippen molar-refractivity contribution < 1.29 is 9.32 Å². The van der Waals surface area contributed by atoms with E-state index in [1.165, 1.54) is 12.8 Å². The Morgan fingerprint density at radius 1 is 1.12 bits per heavy atom. The number of amides is 1. The first-order valence-electron chi connectivity index (χ1n) is 8.71. The fourth-order valence-electron chi connectivity index (χ4n) is 3.50. The van der Waals surface area contributed by atoms with Gasteiger partial charge >= 0.3 is 0 Å². The highest BCUT2D eigenvalue weighted by Gasteiger charge is 2.39. The van der Waals surface area contributed by atoms with Gasteiger partial charge in [0.15, 0.2) is 5.82 Å². The summed E-state index contributed by atoms with van der Waals surface area (Å²) in [6.07, 6.45) is 6.17. The molecule has 1 aliphatic rings. The summed E-state index contributed by atoms with van der Waals surface area (Å²) in [5.74, 6) is 1.09. The highest BCUT2D eigenvalue weighted by Crippen LogP contribution is 2.35. The molecule has 1 saturated carbocycles. The minimum absolute atomic E-state index is 0.0550. The first-order valence-corrected chi connectivity index (χ1v) is 8.71. The minimum atomic E-state index is -0.526. The Bertz CT molecular complexity index is 728. The number of rotatable bonds is 3. The summed E-state index contributed by atoms with van der Waals surface area (Å²) in [6.45, 7) is 5.75. The van der Waals surface area contributed by atoms with E-state index in [0.29, 0.717) is 11.7 Å². The average Bonchev–Trinajstić information content (AvgIpc) is 2.86. The summed E-state index contributed by atoms with van der Waals surface area (Å²) >= 11 is 0. The van der Waals surface area contributed by atoms with Crippen molar-refractivity contribution in [1.82, 2.24) is 15.5 Å². The molecule has 1 N–H and O–H groups in total. The number of carbonyl (C=O) groups excluding carboxylic acids is 1. The Morgan fingerprint density at radius 3 is 2.46 bits per heavy atom. The van der Waals surface area contributed by atoms with Crippen LogP contribution in [0.25, 0.3) is 0 Å². The number of nitrogens with zero attached hydrogens (tertiary/aromatic N) is 2. The summed E-state index contributed by atoms with van der Waals surface area (Å²) in [5.41, 5.74) is 2.25. The SMILES string of the molecule is Cc1ccc(C)c(C(=O)NC2(c3noc(C)n3)CCCCCC2)c1. The second-order valence-electron chi connectivity index (χ2n) is 6.91. The van der Waals surface area contributed by atoms with Gasteiger partial charge in [-0.15, -0.1) is 0 Å². The number of benzene rings is 1. The molecule has 1 heterocycles. The zero-order chi connectivity index (χ0) is 17.2. The quantitative estimate of drug-likeness (QED) is 0.866. The third-order valence-corrected chi connectivity index (χ3v) is 4.90. The molecule has 24 heavy (non-hydrogen) atoms. The van der Waals surface area contributed by atoms with E-state index in [4.69, 9.17) is 4.52 Å². The van der Waals surface area contributed by atoms with Gasteiger partial charge in [0, 0.05) is 12.5 Å². The van der Waals surface area contributed by atoms with Crippen molar-refractivity contribution in [3.63, 3.8) is 0 Å². The van der Waals surface area contributed by atoms with Crippen LogP contribution in [-0.2, 0) is 5.54 Å². The van der Waals surface area contributed by atoms with Gasteiger partial charge in [0.2, 0.25) is 5.89 Å². The predicted octanol–water partition coefficient (Wildman–Crippen LogP) is 3.97. The van der Waals surface area contributed by atoms with Crippen LogP contribution in [0.1, 0.15) is 71.7 Å². The van der Waals surface area contributed by atoms with Gasteiger partial charge in [0.05, 0.1) is 0 Å². The van der Waals surface area contributed by atoms with Crippen LogP contribution in [0.15, 0.2) is 22.7 Å². The third kappa shape index (κ3) is 3.35. The molecule has 0 aliphatic heterocycles. The average molecular weight is 327 g/mol. The molecular formula is C19H25N3O2. The molecule has 5 nitrogen and oxygen atoms in total. The summed E-state index contributed by atoms with van der Waals surface area (Å²) in [6, 6.07) is 5.95. The molecule has 1 amide bonds. The van der Waals surface area contributed by atoms with Crippen molar-refractivity contribution in [3.05, 3.63) is 46.6 Å². The first kappa shape index (κ1) is 16.7. The zero-order valence-corrected chi connectivity index (χ0v) is 14.7. The third-order valence-electron chi connectivity index (χ3n) is 4.90. The van der Waals surface area contributed by atoms with Crippen LogP contribution in [0.2, 0.25) is 0 Å². The predicted molar refractivity (Wildman–Crippen MR) is 91.8 cm³/mol. The molecule has 3 rings (SSSR count). The normalized spacial score (nSPS) is 17.3. The Balaban J connectivity index is 1.94. The molecule has 1 aromatic carbocycles. The smallest absolute Gasteiger partial charge is 0.252 e. The van der Waals surface area contributed by atoms with Gasteiger partial charge in [-0.25, -0.2) is 0 Å². The van der Waals surface area contributed by atoms with E-state index in [0.717, 1.165) is 42.4 Å². The van der Waals surface area contributed by atoms with Crippen molar-refractivity contribution in [3.8, 4) is 0 Å². The maximum atomic E-state index is 13.0. The molecule has 5 heteroatoms. The van der Waals surface area contributed by atoms with E-state index in [9.17, 15) is 4.79 Å². The van der Waals surface area contributed by atoms with E-state index >= 15 is 0 Å². The van der Waals surface area contributed by atoms with Crippen LogP contribution in [0, 0.1) is 20.8 Å². The maximum absolute atomic E-state index is 13.0. The van der Waals surface area contributed by atoms with Crippen LogP contribution < -0.4 is 5.32 Å². The number of hydrogen-bond donors (Lipinski definition) is 1. The number of hydrogen-bond acceptors (Lipinski definition) is 4. The van der Waals surface area contributed by atoms with Crippen molar-refractivity contribution in [1.29, 1.82) is 0 Å². The van der Waals surface area contributed by atoms with Crippen LogP contribution >= 0.6 is 0 Å². The van der Waals surface area contributed by atoms with Crippen molar-refractivity contribution in [2.45, 2.75) is 64.8 Å². The van der Waals surface area contributed by atoms with Gasteiger partial charge in [0.25, 0.3) is 5.91 Å². The van der Waals surface area contributed by atoms with Gasteiger partial charge in [-0.1, -0.05) is 48.5 Å². The monoisotopic (exact) mass is 327 g/mol. The highest BCUT2D eigenvalue weighted by atomic mass is 16.5. The van der Waals surface area contributed by atoms with E-state index in [1.54, 1.807) is 6.92 Å². The molecule has 1 aliphatic carbocycles. The molecule has 0 spiro atoms. The van der Waals surface area contributed by atoms with Gasteiger partial charge < -0.3 is 9.84 Å². The minimum Gasteiger partial charge on any atom is -0.340 e. The molecule has 0 atom stereocenters. The molecule has 0 bridgehead atoms. The molecule has 0 unspecified atom stereocenters. The van der Waals surface area contributed by atoms with Crippen molar-refractivity contribution >= 4 is 5.91 Å². The van der Waals surface area contributed by atoms with E-state index in [1.807, 2.05) is 32.0 Å². The summed E-state index contributed by atoms with van der Waals surface area (Å²) < 4.78 is 5.20. The first-order chi connectivity index (χ1) is 11.5. The largest absolute Gasteiger partial charge is 0.340 e. The van der Waals surface area contributed by atoms with E-state index < -0.39 is 5.54 Å². The Kier molecular flexibility index (Phi) is 4.69. The molecule has 0 radical (unpaired) electrons. The van der Waals surface area contributed by atoms with E-state index in [-0.39, 0.29) is 5.91 Å². The van der Waals surface area contributed by atoms with E-state index in [2.05, 4.69) is 15.5 Å². The highest BCUT2D eigenvalue weighted by molar-refractivity contribution is 5.96. The molecular weight excluding hydrogens is 302 g/mol. The lowest BCUT2D eigenvalue weighted by Crippen LogP contribution is -2.46.